The van der Waals surface area contributed by atoms with Gasteiger partial charge in [0, 0.05) is 25.8 Å². The number of hydrogen-bond donors (Lipinski definition) is 1. The van der Waals surface area contributed by atoms with Gasteiger partial charge in [-0.1, -0.05) is 17.7 Å². The summed E-state index contributed by atoms with van der Waals surface area (Å²) in [6.07, 6.45) is -0.633. The molecule has 1 aromatic rings. The molecule has 4 aliphatic rings. The molecule has 3 heterocycles. The van der Waals surface area contributed by atoms with Gasteiger partial charge in [0.1, 0.15) is 5.75 Å². The zero-order valence-corrected chi connectivity index (χ0v) is 14.6. The van der Waals surface area contributed by atoms with E-state index in [-0.39, 0.29) is 18.1 Å². The van der Waals surface area contributed by atoms with Gasteiger partial charge in [-0.25, -0.2) is 9.90 Å². The predicted octanol–water partition coefficient (Wildman–Crippen LogP) is 0.981. The summed E-state index contributed by atoms with van der Waals surface area (Å²) in [5, 5.41) is 3.86. The number of nitrogens with one attached hydrogen (secondary N) is 1. The number of carbonyl (C=O) groups excluding carboxylic acids is 3. The summed E-state index contributed by atoms with van der Waals surface area (Å²) in [5.74, 6) is -0.359. The molecule has 3 aliphatic heterocycles. The summed E-state index contributed by atoms with van der Waals surface area (Å²) in [7, 11) is 0. The average molecular weight is 344 g/mol. The number of carbonyl (C=O) groups is 3. The third kappa shape index (κ3) is 1.87. The number of aryl methyl sites for hydroxylation is 1. The second-order valence-electron chi connectivity index (χ2n) is 7.28. The van der Waals surface area contributed by atoms with Gasteiger partial charge in [-0.3, -0.25) is 14.4 Å². The van der Waals surface area contributed by atoms with E-state index in [9.17, 15) is 14.4 Å². The number of rotatable bonds is 1. The highest BCUT2D eigenvalue weighted by molar-refractivity contribution is 5.96. The van der Waals surface area contributed by atoms with Gasteiger partial charge in [0.05, 0.1) is 11.5 Å². The normalized spacial score (nSPS) is 35.0. The van der Waals surface area contributed by atoms with Crippen molar-refractivity contribution in [1.82, 2.24) is 10.4 Å². The van der Waals surface area contributed by atoms with Crippen LogP contribution in [-0.2, 0) is 24.6 Å². The summed E-state index contributed by atoms with van der Waals surface area (Å²) >= 11 is 0. The molecule has 4 atom stereocenters. The van der Waals surface area contributed by atoms with Gasteiger partial charge < -0.3 is 10.1 Å². The summed E-state index contributed by atoms with van der Waals surface area (Å²) in [4.78, 5) is 42.6. The van der Waals surface area contributed by atoms with Gasteiger partial charge in [0.25, 0.3) is 5.72 Å². The highest BCUT2D eigenvalue weighted by Crippen LogP contribution is 2.57. The number of ketones is 1. The van der Waals surface area contributed by atoms with E-state index >= 15 is 0 Å². The van der Waals surface area contributed by atoms with Crippen LogP contribution in [0.5, 0.6) is 5.75 Å². The molecule has 0 aromatic heterocycles. The number of hydrogen-bond acceptors (Lipinski definition) is 5. The molecule has 0 radical (unpaired) electrons. The largest absolute Gasteiger partial charge is 0.483 e. The molecule has 2 saturated heterocycles. The molecular weight excluding hydrogens is 324 g/mol. The maximum atomic E-state index is 12.8. The van der Waals surface area contributed by atoms with E-state index in [0.717, 1.165) is 11.1 Å². The standard InChI is InChI=1S/C18H20N2O5/c1-9-5-6-13-12(7-9)17(4)14-8-15(23)18(16(17)24-13,19-10(2)21)25-20(14)11(3)22/h5-7,14,16H,8H2,1-4H3,(H,19,21)/t14-,16+,17+,18+/m0/s1. The van der Waals surface area contributed by atoms with E-state index < -0.39 is 29.2 Å². The average Bonchev–Trinajstić information content (AvgIpc) is 2.83. The maximum absolute atomic E-state index is 12.8. The van der Waals surface area contributed by atoms with Crippen molar-refractivity contribution in [2.75, 3.05) is 0 Å². The van der Waals surface area contributed by atoms with E-state index in [4.69, 9.17) is 9.57 Å². The van der Waals surface area contributed by atoms with E-state index in [1.165, 1.54) is 18.9 Å². The van der Waals surface area contributed by atoms with Crippen molar-refractivity contribution in [2.24, 2.45) is 0 Å². The zero-order chi connectivity index (χ0) is 18.1. The van der Waals surface area contributed by atoms with Crippen molar-refractivity contribution in [1.29, 1.82) is 0 Å². The summed E-state index contributed by atoms with van der Waals surface area (Å²) in [6.45, 7) is 6.65. The maximum Gasteiger partial charge on any atom is 0.264 e. The van der Waals surface area contributed by atoms with Gasteiger partial charge in [-0.2, -0.15) is 0 Å². The first-order valence-corrected chi connectivity index (χ1v) is 8.29. The van der Waals surface area contributed by atoms with Crippen LogP contribution in [0, 0.1) is 6.92 Å². The molecule has 3 fully saturated rings. The summed E-state index contributed by atoms with van der Waals surface area (Å²) in [5.41, 5.74) is -0.379. The molecule has 1 aromatic carbocycles. The molecule has 7 heteroatoms. The highest BCUT2D eigenvalue weighted by atomic mass is 16.7. The first kappa shape index (κ1) is 16.1. The second-order valence-corrected chi connectivity index (χ2v) is 7.28. The predicted molar refractivity (Wildman–Crippen MR) is 86.5 cm³/mol. The minimum Gasteiger partial charge on any atom is -0.483 e. The number of benzene rings is 1. The lowest BCUT2D eigenvalue weighted by Gasteiger charge is -2.59. The molecule has 0 unspecified atom stereocenters. The van der Waals surface area contributed by atoms with Crippen LogP contribution in [0.3, 0.4) is 0 Å². The Labute approximate surface area is 145 Å². The Balaban J connectivity index is 1.95. The van der Waals surface area contributed by atoms with E-state index in [1.807, 2.05) is 32.0 Å². The van der Waals surface area contributed by atoms with Crippen LogP contribution in [0.4, 0.5) is 0 Å². The second kappa shape index (κ2) is 4.82. The summed E-state index contributed by atoms with van der Waals surface area (Å²) in [6, 6.07) is 5.32. The smallest absolute Gasteiger partial charge is 0.264 e. The van der Waals surface area contributed by atoms with Crippen molar-refractivity contribution in [3.05, 3.63) is 29.3 Å². The van der Waals surface area contributed by atoms with Crippen molar-refractivity contribution >= 4 is 17.6 Å². The van der Waals surface area contributed by atoms with Gasteiger partial charge in [0.2, 0.25) is 11.8 Å². The van der Waals surface area contributed by atoms with Gasteiger partial charge in [-0.15, -0.1) is 0 Å². The van der Waals surface area contributed by atoms with Crippen LogP contribution in [0.2, 0.25) is 0 Å². The Bertz CT molecular complexity index is 822. The fraction of sp³-hybridized carbons (Fsp3) is 0.500. The Morgan fingerprint density at radius 2 is 2.04 bits per heavy atom. The van der Waals surface area contributed by atoms with E-state index in [1.54, 1.807) is 0 Å². The molecular formula is C18H20N2O5. The molecule has 5 rings (SSSR count). The van der Waals surface area contributed by atoms with Crippen molar-refractivity contribution in [3.63, 3.8) is 0 Å². The van der Waals surface area contributed by atoms with Crippen molar-refractivity contribution in [2.45, 2.75) is 57.4 Å². The Kier molecular flexibility index (Phi) is 3.10. The van der Waals surface area contributed by atoms with Crippen LogP contribution in [0.15, 0.2) is 18.2 Å². The molecule has 132 valence electrons. The molecule has 2 amide bonds. The van der Waals surface area contributed by atoms with Gasteiger partial charge in [0.15, 0.2) is 11.9 Å². The SMILES string of the molecule is CC(=O)N[C@@]12ON(C(C)=O)[C@@H](CC1=O)[C@@]1(C)c3cc(C)ccc3O[C@H]12. The quantitative estimate of drug-likeness (QED) is 0.821. The minimum atomic E-state index is -1.70. The lowest BCUT2D eigenvalue weighted by Crippen LogP contribution is -2.82. The monoisotopic (exact) mass is 344 g/mol. The fourth-order valence-electron chi connectivity index (χ4n) is 4.45. The van der Waals surface area contributed by atoms with Crippen LogP contribution >= 0.6 is 0 Å². The van der Waals surface area contributed by atoms with Crippen LogP contribution in [-0.4, -0.2) is 40.5 Å². The lowest BCUT2D eigenvalue weighted by atomic mass is 9.61. The number of nitrogens with zero attached hydrogens (tertiary/aromatic N) is 1. The van der Waals surface area contributed by atoms with Crippen LogP contribution in [0.1, 0.15) is 38.3 Å². The zero-order valence-electron chi connectivity index (χ0n) is 14.6. The lowest BCUT2D eigenvalue weighted by molar-refractivity contribution is -0.332. The third-order valence-corrected chi connectivity index (χ3v) is 5.56. The van der Waals surface area contributed by atoms with Crippen LogP contribution in [0.25, 0.3) is 0 Å². The van der Waals surface area contributed by atoms with E-state index in [0.29, 0.717) is 5.75 Å². The van der Waals surface area contributed by atoms with Crippen LogP contribution < -0.4 is 10.1 Å². The highest BCUT2D eigenvalue weighted by Gasteiger charge is 2.74. The molecule has 2 bridgehead atoms. The first-order valence-electron chi connectivity index (χ1n) is 8.29. The first-order chi connectivity index (χ1) is 11.7. The number of fused-ring (bicyclic) bond motifs is 3. The number of hydroxylamine groups is 2. The van der Waals surface area contributed by atoms with Crippen molar-refractivity contribution in [3.8, 4) is 5.75 Å². The number of Topliss-reactive ketones (excluding diaryl/α,β-unsaturated/α-hetero) is 1. The molecule has 7 nitrogen and oxygen atoms in total. The topological polar surface area (TPSA) is 84.9 Å². The molecule has 1 aliphatic carbocycles. The van der Waals surface area contributed by atoms with E-state index in [2.05, 4.69) is 5.32 Å². The Morgan fingerprint density at radius 1 is 1.32 bits per heavy atom. The van der Waals surface area contributed by atoms with Gasteiger partial charge in [-0.05, 0) is 19.9 Å². The number of ether oxygens (including phenoxy) is 1. The molecule has 1 saturated carbocycles. The van der Waals surface area contributed by atoms with Crippen molar-refractivity contribution < 1.29 is 24.0 Å². The molecule has 0 spiro atoms. The molecule has 1 N–H and O–H groups in total. The molecule has 25 heavy (non-hydrogen) atoms. The van der Waals surface area contributed by atoms with Gasteiger partial charge >= 0.3 is 0 Å². The fourth-order valence-corrected chi connectivity index (χ4v) is 4.45. The Hall–Kier alpha value is -2.41. The summed E-state index contributed by atoms with van der Waals surface area (Å²) < 4.78 is 6.11. The Morgan fingerprint density at radius 3 is 2.68 bits per heavy atom. The minimum absolute atomic E-state index is 0.101. The number of amides is 2. The third-order valence-electron chi connectivity index (χ3n) is 5.56.